The van der Waals surface area contributed by atoms with Gasteiger partial charge in [0, 0.05) is 0 Å². The lowest BCUT2D eigenvalue weighted by atomic mass is 9.41. The van der Waals surface area contributed by atoms with Gasteiger partial charge in [-0.25, -0.2) is 0 Å². The predicted molar refractivity (Wildman–Crippen MR) is 167 cm³/mol. The van der Waals surface area contributed by atoms with Crippen molar-refractivity contribution >= 4 is 5.57 Å². The van der Waals surface area contributed by atoms with E-state index in [1.807, 2.05) is 0 Å². The summed E-state index contributed by atoms with van der Waals surface area (Å²) in [6, 6.07) is 21.4. The fourth-order valence-corrected chi connectivity index (χ4v) is 11.0. The third-order valence-electron chi connectivity index (χ3n) is 13.1. The molecule has 0 spiro atoms. The summed E-state index contributed by atoms with van der Waals surface area (Å²) >= 11 is 0. The summed E-state index contributed by atoms with van der Waals surface area (Å²) in [4.78, 5) is 0. The molecule has 2 aromatic rings. The lowest BCUT2D eigenvalue weighted by Gasteiger charge is -2.65. The van der Waals surface area contributed by atoms with Gasteiger partial charge in [0.05, 0.1) is 18.3 Å². The van der Waals surface area contributed by atoms with Crippen LogP contribution < -0.4 is 0 Å². The molecule has 4 fully saturated rings. The third-order valence-corrected chi connectivity index (χ3v) is 13.1. The van der Waals surface area contributed by atoms with Crippen LogP contribution in [0.15, 0.2) is 66.7 Å². The van der Waals surface area contributed by atoms with Crippen LogP contribution in [-0.4, -0.2) is 33.6 Å². The first-order valence-electron chi connectivity index (χ1n) is 16.5. The van der Waals surface area contributed by atoms with Crippen molar-refractivity contribution in [1.82, 2.24) is 0 Å². The van der Waals surface area contributed by atoms with Gasteiger partial charge < -0.3 is 15.3 Å². The van der Waals surface area contributed by atoms with Gasteiger partial charge in [0.15, 0.2) is 0 Å². The lowest BCUT2D eigenvalue weighted by Crippen LogP contribution is -2.65. The molecular weight excluding hydrogens is 504 g/mol. The summed E-state index contributed by atoms with van der Waals surface area (Å²) in [6.45, 7) is 9.45. The number of aliphatic hydroxyl groups is 3. The first-order chi connectivity index (χ1) is 19.7. The van der Waals surface area contributed by atoms with Crippen LogP contribution in [0.25, 0.3) is 5.57 Å². The van der Waals surface area contributed by atoms with Crippen molar-refractivity contribution in [3.63, 3.8) is 0 Å². The second-order valence-corrected chi connectivity index (χ2v) is 14.8. The van der Waals surface area contributed by atoms with E-state index in [0.29, 0.717) is 29.6 Å². The summed E-state index contributed by atoms with van der Waals surface area (Å²) in [5.41, 5.74) is 3.70. The fourth-order valence-electron chi connectivity index (χ4n) is 11.0. The van der Waals surface area contributed by atoms with E-state index in [0.717, 1.165) is 51.4 Å². The van der Waals surface area contributed by atoms with Crippen LogP contribution in [0.4, 0.5) is 0 Å². The molecule has 0 heterocycles. The van der Waals surface area contributed by atoms with Crippen molar-refractivity contribution in [3.8, 4) is 0 Å². The van der Waals surface area contributed by atoms with Crippen molar-refractivity contribution in [3.05, 3.63) is 77.9 Å². The third kappa shape index (κ3) is 4.75. The molecule has 4 aliphatic carbocycles. The van der Waals surface area contributed by atoms with Crippen molar-refractivity contribution in [2.75, 3.05) is 0 Å². The minimum absolute atomic E-state index is 0.0961. The van der Waals surface area contributed by atoms with Crippen molar-refractivity contribution in [2.45, 2.75) is 97.4 Å². The van der Waals surface area contributed by atoms with E-state index in [-0.39, 0.29) is 41.0 Å². The normalized spacial score (nSPS) is 42.5. The highest BCUT2D eigenvalue weighted by atomic mass is 16.3. The SMILES string of the molecule is CC[C@H]1[C@@H](O)C2C3CC[C@H]([C@H](C)CC=C(c4ccccc4)c4ccccc4)[C@@]3(C)[C@@H](O)CC2[C@@]2(C)CC[C@@H](O)C[C@@H]12. The Morgan fingerprint density at radius 1 is 0.854 bits per heavy atom. The lowest BCUT2D eigenvalue weighted by molar-refractivity contribution is -0.228. The standard InChI is InChI=1S/C38H52O3/c1-5-28-32-22-27(39)20-21-37(32,3)33-23-34(40)38(4)30(18-19-31(38)35(33)36(28)41)24(2)16-17-29(25-12-8-6-9-13-25)26-14-10-7-11-15-26/h6-15,17,24,27-28,30-36,39-41H,5,16,18-23H2,1-4H3/t24-,27-,28-,30-,31?,32+,33?,34+,35?,36-,37+,38-/m1/s1. The molecule has 3 heteroatoms. The summed E-state index contributed by atoms with van der Waals surface area (Å²) in [5.74, 6) is 2.40. The van der Waals surface area contributed by atoms with Gasteiger partial charge in [-0.2, -0.15) is 0 Å². The number of rotatable bonds is 6. The summed E-state index contributed by atoms with van der Waals surface area (Å²) in [7, 11) is 0. The molecule has 0 aliphatic heterocycles. The molecule has 2 aromatic carbocycles. The Morgan fingerprint density at radius 2 is 1.49 bits per heavy atom. The zero-order chi connectivity index (χ0) is 28.9. The molecule has 12 atom stereocenters. The van der Waals surface area contributed by atoms with E-state index in [2.05, 4.69) is 94.4 Å². The molecular formula is C38H52O3. The molecule has 0 radical (unpaired) electrons. The Kier molecular flexibility index (Phi) is 8.02. The van der Waals surface area contributed by atoms with Gasteiger partial charge in [0.2, 0.25) is 0 Å². The van der Waals surface area contributed by atoms with Crippen LogP contribution in [0.5, 0.6) is 0 Å². The van der Waals surface area contributed by atoms with Crippen LogP contribution in [0.3, 0.4) is 0 Å². The zero-order valence-electron chi connectivity index (χ0n) is 25.6. The minimum atomic E-state index is -0.343. The van der Waals surface area contributed by atoms with Crippen LogP contribution in [0.1, 0.15) is 90.2 Å². The van der Waals surface area contributed by atoms with Crippen LogP contribution in [0, 0.1) is 52.3 Å². The average Bonchev–Trinajstić information content (AvgIpc) is 3.34. The second-order valence-electron chi connectivity index (χ2n) is 14.8. The average molecular weight is 557 g/mol. The van der Waals surface area contributed by atoms with Crippen molar-refractivity contribution in [1.29, 1.82) is 0 Å². The first-order valence-corrected chi connectivity index (χ1v) is 16.5. The van der Waals surface area contributed by atoms with Crippen LogP contribution >= 0.6 is 0 Å². The topological polar surface area (TPSA) is 60.7 Å². The summed E-state index contributed by atoms with van der Waals surface area (Å²) in [5, 5.41) is 34.7. The largest absolute Gasteiger partial charge is 0.393 e. The summed E-state index contributed by atoms with van der Waals surface area (Å²) in [6.07, 6.45) is 9.18. The van der Waals surface area contributed by atoms with Gasteiger partial charge in [0.25, 0.3) is 0 Å². The predicted octanol–water partition coefficient (Wildman–Crippen LogP) is 7.74. The molecule has 222 valence electrons. The maximum atomic E-state index is 12.0. The minimum Gasteiger partial charge on any atom is -0.393 e. The van der Waals surface area contributed by atoms with Crippen molar-refractivity contribution in [2.24, 2.45) is 52.3 Å². The van der Waals surface area contributed by atoms with Crippen LogP contribution in [-0.2, 0) is 0 Å². The summed E-state index contributed by atoms with van der Waals surface area (Å²) < 4.78 is 0. The number of benzene rings is 2. The highest BCUT2D eigenvalue weighted by Gasteiger charge is 2.67. The quantitative estimate of drug-likeness (QED) is 0.341. The maximum absolute atomic E-state index is 12.0. The first kappa shape index (κ1) is 29.1. The van der Waals surface area contributed by atoms with E-state index in [9.17, 15) is 15.3 Å². The fraction of sp³-hybridized carbons (Fsp3) is 0.632. The van der Waals surface area contributed by atoms with E-state index < -0.39 is 0 Å². The number of allylic oxidation sites excluding steroid dienone is 1. The Balaban J connectivity index is 1.29. The van der Waals surface area contributed by atoms with Gasteiger partial charge in [-0.15, -0.1) is 0 Å². The van der Waals surface area contributed by atoms with Gasteiger partial charge in [-0.3, -0.25) is 0 Å². The molecule has 6 rings (SSSR count). The zero-order valence-corrected chi connectivity index (χ0v) is 25.6. The second kappa shape index (κ2) is 11.3. The van der Waals surface area contributed by atoms with Crippen molar-refractivity contribution < 1.29 is 15.3 Å². The van der Waals surface area contributed by atoms with Gasteiger partial charge in [0.1, 0.15) is 0 Å². The Hall–Kier alpha value is -1.94. The van der Waals surface area contributed by atoms with Gasteiger partial charge in [-0.1, -0.05) is 101 Å². The molecule has 3 nitrogen and oxygen atoms in total. The molecule has 0 bridgehead atoms. The number of fused-ring (bicyclic) bond motifs is 5. The van der Waals surface area contributed by atoms with Gasteiger partial charge >= 0.3 is 0 Å². The number of hydrogen-bond donors (Lipinski definition) is 3. The Morgan fingerprint density at radius 3 is 2.10 bits per heavy atom. The number of aliphatic hydroxyl groups excluding tert-OH is 3. The van der Waals surface area contributed by atoms with E-state index in [1.54, 1.807) is 0 Å². The van der Waals surface area contributed by atoms with E-state index >= 15 is 0 Å². The molecule has 4 saturated carbocycles. The molecule has 3 N–H and O–H groups in total. The Bertz CT molecular complexity index is 1170. The monoisotopic (exact) mass is 556 g/mol. The van der Waals surface area contributed by atoms with Crippen LogP contribution in [0.2, 0.25) is 0 Å². The maximum Gasteiger partial charge on any atom is 0.0605 e. The molecule has 0 aromatic heterocycles. The highest BCUT2D eigenvalue weighted by Crippen LogP contribution is 2.69. The molecule has 0 amide bonds. The smallest absolute Gasteiger partial charge is 0.0605 e. The molecule has 41 heavy (non-hydrogen) atoms. The van der Waals surface area contributed by atoms with E-state index in [4.69, 9.17) is 0 Å². The highest BCUT2D eigenvalue weighted by molar-refractivity contribution is 5.79. The van der Waals surface area contributed by atoms with E-state index in [1.165, 1.54) is 16.7 Å². The number of hydrogen-bond acceptors (Lipinski definition) is 3. The Labute approximate surface area is 248 Å². The molecule has 4 aliphatic rings. The van der Waals surface area contributed by atoms with Gasteiger partial charge in [-0.05, 0) is 114 Å². The molecule has 0 saturated heterocycles. The molecule has 3 unspecified atom stereocenters.